The van der Waals surface area contributed by atoms with Crippen molar-refractivity contribution in [2.24, 2.45) is 0 Å². The lowest BCUT2D eigenvalue weighted by atomic mass is 9.93. The summed E-state index contributed by atoms with van der Waals surface area (Å²) in [6, 6.07) is 18.1. The smallest absolute Gasteiger partial charge is 0.251 e. The molecule has 1 aromatic heterocycles. The number of para-hydroxylation sites is 1. The van der Waals surface area contributed by atoms with Gasteiger partial charge in [-0.15, -0.1) is 0 Å². The number of aromatic hydroxyl groups is 1. The molecule has 1 atom stereocenters. The van der Waals surface area contributed by atoms with E-state index in [-0.39, 0.29) is 17.2 Å². The first-order chi connectivity index (χ1) is 15.7. The third-order valence-electron chi connectivity index (χ3n) is 5.47. The molecule has 1 heterocycles. The number of aliphatic hydroxyl groups is 1. The van der Waals surface area contributed by atoms with Crippen LogP contribution in [0, 0.1) is 0 Å². The standard InChI is InChI=1S/C26H32N4O3/c1-26(2,30-17-23(32)21-10-11-24(27)29-16-21)15-18-6-5-8-20(14-18)25(33)28-13-12-19-7-3-4-9-22(19)31/h3-11,14,16,23,30-32H,12-13,15,17H2,1-2H3,(H2,27,29)(H,28,33)/t23-/m0/s1. The van der Waals surface area contributed by atoms with Crippen LogP contribution in [0.2, 0.25) is 0 Å². The van der Waals surface area contributed by atoms with Gasteiger partial charge in [-0.25, -0.2) is 4.98 Å². The molecule has 3 aromatic rings. The number of carbonyl (C=O) groups is 1. The second-order valence-electron chi connectivity index (χ2n) is 8.81. The van der Waals surface area contributed by atoms with E-state index in [1.807, 2.05) is 30.3 Å². The van der Waals surface area contributed by atoms with Crippen LogP contribution in [0.25, 0.3) is 0 Å². The summed E-state index contributed by atoms with van der Waals surface area (Å²) in [6.07, 6.45) is 2.12. The first-order valence-corrected chi connectivity index (χ1v) is 11.0. The zero-order valence-electron chi connectivity index (χ0n) is 19.1. The largest absolute Gasteiger partial charge is 0.508 e. The average Bonchev–Trinajstić information content (AvgIpc) is 2.79. The number of nitrogens with zero attached hydrogens (tertiary/aromatic N) is 1. The number of amides is 1. The van der Waals surface area contributed by atoms with Gasteiger partial charge in [-0.05, 0) is 62.1 Å². The van der Waals surface area contributed by atoms with Gasteiger partial charge in [-0.3, -0.25) is 4.79 Å². The van der Waals surface area contributed by atoms with Crippen molar-refractivity contribution in [3.8, 4) is 5.75 Å². The summed E-state index contributed by atoms with van der Waals surface area (Å²) >= 11 is 0. The molecule has 174 valence electrons. The fourth-order valence-corrected chi connectivity index (χ4v) is 3.64. The van der Waals surface area contributed by atoms with Gasteiger partial charge in [-0.2, -0.15) is 0 Å². The van der Waals surface area contributed by atoms with Crippen LogP contribution in [-0.2, 0) is 12.8 Å². The number of benzene rings is 2. The summed E-state index contributed by atoms with van der Waals surface area (Å²) in [5.74, 6) is 0.506. The van der Waals surface area contributed by atoms with Gasteiger partial charge >= 0.3 is 0 Å². The minimum absolute atomic E-state index is 0.149. The Hall–Kier alpha value is -3.42. The maximum Gasteiger partial charge on any atom is 0.251 e. The normalized spacial score (nSPS) is 12.3. The lowest BCUT2D eigenvalue weighted by Gasteiger charge is -2.28. The molecule has 0 unspecified atom stereocenters. The number of rotatable bonds is 10. The summed E-state index contributed by atoms with van der Waals surface area (Å²) < 4.78 is 0. The molecule has 0 aliphatic heterocycles. The maximum atomic E-state index is 12.6. The molecular formula is C26H32N4O3. The second kappa shape index (κ2) is 10.9. The molecule has 0 aliphatic carbocycles. The number of nitrogens with two attached hydrogens (primary N) is 1. The van der Waals surface area contributed by atoms with E-state index >= 15 is 0 Å². The Bertz CT molecular complexity index is 1070. The molecular weight excluding hydrogens is 416 g/mol. The van der Waals surface area contributed by atoms with Crippen LogP contribution in [-0.4, -0.2) is 39.7 Å². The highest BCUT2D eigenvalue weighted by Crippen LogP contribution is 2.18. The molecule has 7 nitrogen and oxygen atoms in total. The number of carbonyl (C=O) groups excluding carboxylic acids is 1. The van der Waals surface area contributed by atoms with Crippen LogP contribution >= 0.6 is 0 Å². The Balaban J connectivity index is 1.52. The Morgan fingerprint density at radius 3 is 2.64 bits per heavy atom. The number of hydrogen-bond acceptors (Lipinski definition) is 6. The van der Waals surface area contributed by atoms with Gasteiger partial charge < -0.3 is 26.6 Å². The zero-order chi connectivity index (χ0) is 23.8. The number of nitrogen functional groups attached to an aromatic ring is 1. The third kappa shape index (κ3) is 7.30. The number of β-amino-alcohol motifs (C(OH)–C–C–N with tert-alkyl or cyclic N) is 1. The van der Waals surface area contributed by atoms with Crippen molar-refractivity contribution in [3.63, 3.8) is 0 Å². The second-order valence-corrected chi connectivity index (χ2v) is 8.81. The van der Waals surface area contributed by atoms with E-state index in [0.29, 0.717) is 42.9 Å². The van der Waals surface area contributed by atoms with Crippen LogP contribution in [0.5, 0.6) is 5.75 Å². The SMILES string of the molecule is CC(C)(Cc1cccc(C(=O)NCCc2ccccc2O)c1)NC[C@H](O)c1ccc(N)nc1. The molecule has 7 heteroatoms. The number of hydrogen-bond donors (Lipinski definition) is 5. The zero-order valence-corrected chi connectivity index (χ0v) is 19.1. The molecule has 0 saturated heterocycles. The van der Waals surface area contributed by atoms with Crippen LogP contribution in [0.15, 0.2) is 66.9 Å². The fraction of sp³-hybridized carbons (Fsp3) is 0.308. The van der Waals surface area contributed by atoms with Crippen molar-refractivity contribution < 1.29 is 15.0 Å². The predicted molar refractivity (Wildman–Crippen MR) is 130 cm³/mol. The van der Waals surface area contributed by atoms with E-state index in [1.54, 1.807) is 36.5 Å². The van der Waals surface area contributed by atoms with Crippen molar-refractivity contribution >= 4 is 11.7 Å². The van der Waals surface area contributed by atoms with Crippen molar-refractivity contribution in [1.82, 2.24) is 15.6 Å². The summed E-state index contributed by atoms with van der Waals surface area (Å²) in [5, 5.41) is 26.6. The molecule has 33 heavy (non-hydrogen) atoms. The summed E-state index contributed by atoms with van der Waals surface area (Å²) in [5.41, 5.74) is 8.41. The number of phenolic OH excluding ortho intramolecular Hbond substituents is 1. The highest BCUT2D eigenvalue weighted by Gasteiger charge is 2.20. The van der Waals surface area contributed by atoms with E-state index in [9.17, 15) is 15.0 Å². The molecule has 0 saturated carbocycles. The molecule has 0 spiro atoms. The van der Waals surface area contributed by atoms with E-state index < -0.39 is 6.10 Å². The number of aromatic nitrogens is 1. The van der Waals surface area contributed by atoms with E-state index in [0.717, 1.165) is 11.1 Å². The number of pyridine rings is 1. The maximum absolute atomic E-state index is 12.6. The number of phenols is 1. The van der Waals surface area contributed by atoms with E-state index in [1.165, 1.54) is 0 Å². The minimum atomic E-state index is -0.696. The van der Waals surface area contributed by atoms with Crippen molar-refractivity contribution in [2.45, 2.75) is 38.3 Å². The molecule has 2 aromatic carbocycles. The fourth-order valence-electron chi connectivity index (χ4n) is 3.64. The van der Waals surface area contributed by atoms with Gasteiger partial charge in [0.25, 0.3) is 5.91 Å². The van der Waals surface area contributed by atoms with Crippen molar-refractivity contribution in [1.29, 1.82) is 0 Å². The first kappa shape index (κ1) is 24.2. The predicted octanol–water partition coefficient (Wildman–Crippen LogP) is 2.99. The molecule has 1 amide bonds. The van der Waals surface area contributed by atoms with E-state index in [4.69, 9.17) is 5.73 Å². The Morgan fingerprint density at radius 2 is 1.91 bits per heavy atom. The van der Waals surface area contributed by atoms with Crippen LogP contribution in [0.1, 0.15) is 47.0 Å². The Morgan fingerprint density at radius 1 is 1.12 bits per heavy atom. The number of nitrogens with one attached hydrogen (secondary N) is 2. The molecule has 0 bridgehead atoms. The summed E-state index contributed by atoms with van der Waals surface area (Å²) in [7, 11) is 0. The first-order valence-electron chi connectivity index (χ1n) is 11.0. The van der Waals surface area contributed by atoms with Gasteiger partial charge in [0.15, 0.2) is 0 Å². The average molecular weight is 449 g/mol. The van der Waals surface area contributed by atoms with Crippen LogP contribution in [0.4, 0.5) is 5.82 Å². The Labute approximate surface area is 194 Å². The van der Waals surface area contributed by atoms with Crippen molar-refractivity contribution in [2.75, 3.05) is 18.8 Å². The van der Waals surface area contributed by atoms with Gasteiger partial charge in [0, 0.05) is 36.0 Å². The molecule has 6 N–H and O–H groups in total. The van der Waals surface area contributed by atoms with Crippen LogP contribution < -0.4 is 16.4 Å². The lowest BCUT2D eigenvalue weighted by molar-refractivity contribution is 0.0954. The topological polar surface area (TPSA) is 120 Å². The number of anilines is 1. The molecule has 0 fully saturated rings. The third-order valence-corrected chi connectivity index (χ3v) is 5.47. The van der Waals surface area contributed by atoms with E-state index in [2.05, 4.69) is 29.5 Å². The quantitative estimate of drug-likeness (QED) is 0.325. The van der Waals surface area contributed by atoms with Crippen molar-refractivity contribution in [3.05, 3.63) is 89.1 Å². The van der Waals surface area contributed by atoms with Gasteiger partial charge in [0.2, 0.25) is 0 Å². The monoisotopic (exact) mass is 448 g/mol. The Kier molecular flexibility index (Phi) is 8.03. The highest BCUT2D eigenvalue weighted by molar-refractivity contribution is 5.94. The van der Waals surface area contributed by atoms with Gasteiger partial charge in [-0.1, -0.05) is 36.4 Å². The summed E-state index contributed by atoms with van der Waals surface area (Å²) in [6.45, 7) is 4.91. The molecule has 0 radical (unpaired) electrons. The molecule has 3 rings (SSSR count). The minimum Gasteiger partial charge on any atom is -0.508 e. The van der Waals surface area contributed by atoms with Crippen LogP contribution in [0.3, 0.4) is 0 Å². The van der Waals surface area contributed by atoms with Gasteiger partial charge in [0.1, 0.15) is 11.6 Å². The summed E-state index contributed by atoms with van der Waals surface area (Å²) in [4.78, 5) is 16.6. The number of aliphatic hydroxyl groups excluding tert-OH is 1. The highest BCUT2D eigenvalue weighted by atomic mass is 16.3. The molecule has 0 aliphatic rings. The van der Waals surface area contributed by atoms with Gasteiger partial charge in [0.05, 0.1) is 6.10 Å². The lowest BCUT2D eigenvalue weighted by Crippen LogP contribution is -2.43.